The Labute approximate surface area is 226 Å². The van der Waals surface area contributed by atoms with E-state index in [1.54, 1.807) is 52.2 Å². The molecule has 2 rings (SSSR count). The van der Waals surface area contributed by atoms with Crippen LogP contribution in [-0.4, -0.2) is 76.9 Å². The van der Waals surface area contributed by atoms with Crippen molar-refractivity contribution in [3.05, 3.63) is 59.3 Å². The minimum absolute atomic E-state index is 0.127. The fourth-order valence-electron chi connectivity index (χ4n) is 4.49. The van der Waals surface area contributed by atoms with Crippen LogP contribution in [0.5, 0.6) is 0 Å². The van der Waals surface area contributed by atoms with E-state index in [1.165, 1.54) is 13.0 Å². The Morgan fingerprint density at radius 1 is 1.11 bits per heavy atom. The monoisotopic (exact) mass is 532 g/mol. The van der Waals surface area contributed by atoms with Gasteiger partial charge in [0, 0.05) is 30.9 Å². The topological polar surface area (TPSA) is 123 Å². The first-order valence-corrected chi connectivity index (χ1v) is 13.2. The molecule has 0 aromatic rings. The maximum atomic E-state index is 13.0. The minimum Gasteiger partial charge on any atom is -0.454 e. The molecule has 1 saturated heterocycles. The van der Waals surface area contributed by atoms with Gasteiger partial charge in [-0.3, -0.25) is 4.79 Å². The van der Waals surface area contributed by atoms with Gasteiger partial charge in [-0.2, -0.15) is 0 Å². The summed E-state index contributed by atoms with van der Waals surface area (Å²) >= 11 is 0. The fourth-order valence-corrected chi connectivity index (χ4v) is 4.49. The molecule has 2 heterocycles. The quantitative estimate of drug-likeness (QED) is 0.372. The van der Waals surface area contributed by atoms with Crippen molar-refractivity contribution in [2.24, 2.45) is 11.8 Å². The average Bonchev–Trinajstić information content (AvgIpc) is 3.29. The van der Waals surface area contributed by atoms with Gasteiger partial charge in [0.15, 0.2) is 5.78 Å². The van der Waals surface area contributed by atoms with E-state index >= 15 is 0 Å². The molecule has 8 heteroatoms. The number of esters is 1. The van der Waals surface area contributed by atoms with E-state index in [-0.39, 0.29) is 29.5 Å². The zero-order valence-corrected chi connectivity index (χ0v) is 23.5. The Morgan fingerprint density at radius 3 is 2.42 bits per heavy atom. The third-order valence-corrected chi connectivity index (χ3v) is 7.22. The van der Waals surface area contributed by atoms with Crippen molar-refractivity contribution in [3.8, 4) is 0 Å². The summed E-state index contributed by atoms with van der Waals surface area (Å²) in [5.41, 5.74) is 1.55. The number of hydrogen-bond donors (Lipinski definition) is 3. The summed E-state index contributed by atoms with van der Waals surface area (Å²) in [6.07, 6.45) is 7.92. The second-order valence-corrected chi connectivity index (χ2v) is 10.4. The van der Waals surface area contributed by atoms with Gasteiger partial charge in [-0.15, -0.1) is 0 Å². The zero-order valence-electron chi connectivity index (χ0n) is 23.5. The molecule has 8 nitrogen and oxygen atoms in total. The normalized spacial score (nSPS) is 38.9. The highest BCUT2D eigenvalue weighted by atomic mass is 16.6. The smallest absolute Gasteiger partial charge is 0.334 e. The lowest BCUT2D eigenvalue weighted by molar-refractivity contribution is -0.146. The first-order chi connectivity index (χ1) is 17.8. The van der Waals surface area contributed by atoms with Crippen molar-refractivity contribution in [1.82, 2.24) is 0 Å². The highest BCUT2D eigenvalue weighted by Gasteiger charge is 2.40. The van der Waals surface area contributed by atoms with Crippen molar-refractivity contribution in [1.29, 1.82) is 0 Å². The van der Waals surface area contributed by atoms with Crippen LogP contribution in [0.15, 0.2) is 59.3 Å². The lowest BCUT2D eigenvalue weighted by atomic mass is 9.93. The second kappa shape index (κ2) is 14.7. The van der Waals surface area contributed by atoms with E-state index in [1.807, 2.05) is 26.0 Å². The molecule has 1 fully saturated rings. The SMILES string of the molecule is CO[C@H]1C[C@H]2O[C@H]1/C=C(/C)[C@H](O)C/C=C/C=C(\C)C(=O)[C@@H](C)/C=C(\C)C(=O)O[C@H](/C=C/[C@@H](O)[C@H](C)O)[C@@H]2C. The summed E-state index contributed by atoms with van der Waals surface area (Å²) in [5.74, 6) is -1.60. The van der Waals surface area contributed by atoms with E-state index in [9.17, 15) is 24.9 Å². The van der Waals surface area contributed by atoms with E-state index in [0.29, 0.717) is 18.4 Å². The number of Topliss-reactive ketones (excluding diaryl/α,β-unsaturated/α-hetero) is 1. The van der Waals surface area contributed by atoms with E-state index in [0.717, 1.165) is 5.57 Å². The molecule has 2 aliphatic heterocycles. The van der Waals surface area contributed by atoms with Crippen LogP contribution >= 0.6 is 0 Å². The van der Waals surface area contributed by atoms with Crippen LogP contribution in [-0.2, 0) is 23.8 Å². The zero-order chi connectivity index (χ0) is 28.6. The van der Waals surface area contributed by atoms with Crippen molar-refractivity contribution in [2.75, 3.05) is 7.11 Å². The summed E-state index contributed by atoms with van der Waals surface area (Å²) in [6.45, 7) is 10.2. The third kappa shape index (κ3) is 8.85. The first-order valence-electron chi connectivity index (χ1n) is 13.2. The summed E-state index contributed by atoms with van der Waals surface area (Å²) < 4.78 is 17.8. The number of allylic oxidation sites excluding steroid dienone is 4. The first kappa shape index (κ1) is 31.9. The summed E-state index contributed by atoms with van der Waals surface area (Å²) in [7, 11) is 1.61. The summed E-state index contributed by atoms with van der Waals surface area (Å²) in [6, 6.07) is 0. The van der Waals surface area contributed by atoms with E-state index < -0.39 is 42.4 Å². The van der Waals surface area contributed by atoms with Gasteiger partial charge in [0.05, 0.1) is 30.5 Å². The Morgan fingerprint density at radius 2 is 1.79 bits per heavy atom. The Hall–Kier alpha value is -2.36. The number of aliphatic hydroxyl groups is 3. The number of methoxy groups -OCH3 is 1. The number of carbonyl (C=O) groups is 2. The Kier molecular flexibility index (Phi) is 12.3. The van der Waals surface area contributed by atoms with Crippen LogP contribution in [0.25, 0.3) is 0 Å². The molecule has 38 heavy (non-hydrogen) atoms. The molecular weight excluding hydrogens is 488 g/mol. The molecule has 2 aliphatic rings. The molecule has 0 aromatic heterocycles. The molecule has 0 amide bonds. The largest absolute Gasteiger partial charge is 0.454 e. The summed E-state index contributed by atoms with van der Waals surface area (Å²) in [4.78, 5) is 25.9. The van der Waals surface area contributed by atoms with Crippen LogP contribution in [0.4, 0.5) is 0 Å². The lowest BCUT2D eigenvalue weighted by Gasteiger charge is -2.27. The molecule has 2 bridgehead atoms. The molecule has 0 unspecified atom stereocenters. The number of ether oxygens (including phenoxy) is 3. The number of cyclic esters (lactones) is 1. The molecule has 0 aromatic carbocycles. The van der Waals surface area contributed by atoms with Gasteiger partial charge < -0.3 is 29.5 Å². The molecule has 0 spiro atoms. The van der Waals surface area contributed by atoms with E-state index in [2.05, 4.69) is 0 Å². The maximum absolute atomic E-state index is 13.0. The van der Waals surface area contributed by atoms with Crippen LogP contribution in [0.1, 0.15) is 54.4 Å². The van der Waals surface area contributed by atoms with Gasteiger partial charge in [-0.25, -0.2) is 4.79 Å². The fraction of sp³-hybridized carbons (Fsp3) is 0.600. The van der Waals surface area contributed by atoms with Gasteiger partial charge in [0.2, 0.25) is 0 Å². The predicted molar refractivity (Wildman–Crippen MR) is 145 cm³/mol. The molecule has 0 saturated carbocycles. The van der Waals surface area contributed by atoms with Crippen LogP contribution in [0.2, 0.25) is 0 Å². The minimum atomic E-state index is -1.13. The maximum Gasteiger partial charge on any atom is 0.334 e. The molecule has 3 N–H and O–H groups in total. The molecular formula is C30H44O8. The van der Waals surface area contributed by atoms with Crippen molar-refractivity contribution in [2.45, 2.75) is 97.1 Å². The average molecular weight is 533 g/mol. The van der Waals surface area contributed by atoms with Crippen LogP contribution in [0, 0.1) is 11.8 Å². The van der Waals surface area contributed by atoms with Gasteiger partial charge in [-0.1, -0.05) is 50.3 Å². The number of aliphatic hydroxyl groups excluding tert-OH is 3. The van der Waals surface area contributed by atoms with Crippen molar-refractivity contribution in [3.63, 3.8) is 0 Å². The Balaban J connectivity index is 2.48. The summed E-state index contributed by atoms with van der Waals surface area (Å²) in [5, 5.41) is 30.5. The van der Waals surface area contributed by atoms with Crippen molar-refractivity contribution >= 4 is 11.8 Å². The number of ketones is 1. The standard InChI is InChI=1S/C30H44O8/c1-17-10-8-9-11-23(32)18(2)15-28-27(36-7)16-26(37-28)21(5)25(13-12-24(33)22(6)31)38-30(35)20(4)14-19(3)29(17)34/h8-10,12-15,19,21-28,31-33H,11,16H2,1-7H3/b9-8+,13-12+,17-10+,18-15-,20-14+/t19-,21-,22-,23+,24+,25+,26+,27-,28-/m0/s1. The molecule has 0 radical (unpaired) electrons. The van der Waals surface area contributed by atoms with Crippen LogP contribution in [0.3, 0.4) is 0 Å². The highest BCUT2D eigenvalue weighted by molar-refractivity contribution is 5.99. The van der Waals surface area contributed by atoms with Crippen LogP contribution < -0.4 is 0 Å². The third-order valence-electron chi connectivity index (χ3n) is 7.22. The molecule has 0 aliphatic carbocycles. The Bertz CT molecular complexity index is 973. The lowest BCUT2D eigenvalue weighted by Crippen LogP contribution is -2.33. The number of fused-ring (bicyclic) bond motifs is 2. The second-order valence-electron chi connectivity index (χ2n) is 10.4. The number of hydrogen-bond acceptors (Lipinski definition) is 8. The number of carbonyl (C=O) groups excluding carboxylic acids is 2. The van der Waals surface area contributed by atoms with Gasteiger partial charge in [0.1, 0.15) is 12.2 Å². The number of rotatable bonds is 4. The van der Waals surface area contributed by atoms with E-state index in [4.69, 9.17) is 14.2 Å². The highest BCUT2D eigenvalue weighted by Crippen LogP contribution is 2.32. The molecule has 212 valence electrons. The predicted octanol–water partition coefficient (Wildman–Crippen LogP) is 3.37. The van der Waals surface area contributed by atoms with Gasteiger partial charge >= 0.3 is 5.97 Å². The van der Waals surface area contributed by atoms with Crippen molar-refractivity contribution < 1.29 is 39.1 Å². The van der Waals surface area contributed by atoms with Gasteiger partial charge in [0.25, 0.3) is 0 Å². The van der Waals surface area contributed by atoms with Gasteiger partial charge in [-0.05, 0) is 51.3 Å². The molecule has 9 atom stereocenters.